The van der Waals surface area contributed by atoms with Crippen LogP contribution in [0.15, 0.2) is 0 Å². The van der Waals surface area contributed by atoms with Crippen LogP contribution in [-0.4, -0.2) is 55.9 Å². The molecule has 0 aromatic heterocycles. The van der Waals surface area contributed by atoms with Crippen molar-refractivity contribution in [3.8, 4) is 5.75 Å². The second-order valence-electron chi connectivity index (χ2n) is 4.84. The van der Waals surface area contributed by atoms with Crippen LogP contribution in [0.5, 0.6) is 5.75 Å². The summed E-state index contributed by atoms with van der Waals surface area (Å²) in [6.45, 7) is 3.11. The van der Waals surface area contributed by atoms with E-state index in [4.69, 9.17) is 67.5 Å². The molecule has 0 unspecified atom stereocenters. The van der Waals surface area contributed by atoms with E-state index < -0.39 is 6.09 Å². The molecule has 1 aliphatic rings. The molecule has 0 radical (unpaired) electrons. The summed E-state index contributed by atoms with van der Waals surface area (Å²) in [4.78, 5) is 15.6. The molecular weight excluding hydrogens is 409 g/mol. The lowest BCUT2D eigenvalue weighted by Gasteiger charge is -2.30. The predicted molar refractivity (Wildman–Crippen MR) is 92.5 cm³/mol. The van der Waals surface area contributed by atoms with Gasteiger partial charge in [0.2, 0.25) is 0 Å². The average Bonchev–Trinajstić information content (AvgIpc) is 2.55. The molecule has 1 fully saturated rings. The number of nitrogens with zero attached hydrogens (tertiary/aromatic N) is 2. The van der Waals surface area contributed by atoms with Crippen molar-refractivity contribution in [3.05, 3.63) is 25.1 Å². The first-order valence-corrected chi connectivity index (χ1v) is 8.46. The maximum atomic E-state index is 12.2. The summed E-state index contributed by atoms with van der Waals surface area (Å²) in [6.07, 6.45) is -0.644. The number of halogens is 5. The number of benzene rings is 1. The Labute approximate surface area is 158 Å². The lowest BCUT2D eigenvalue weighted by Crippen LogP contribution is -2.45. The number of hydrogen-bond donors (Lipinski definition) is 0. The molecule has 1 aromatic carbocycles. The van der Waals surface area contributed by atoms with Crippen LogP contribution in [0.4, 0.5) is 4.79 Å². The minimum atomic E-state index is -0.644. The lowest BCUT2D eigenvalue weighted by molar-refractivity contribution is 0.0171. The number of ether oxygens (including phenoxy) is 2. The van der Waals surface area contributed by atoms with Gasteiger partial charge in [0.1, 0.15) is 10.0 Å². The van der Waals surface area contributed by atoms with E-state index in [0.29, 0.717) is 19.9 Å². The smallest absolute Gasteiger partial charge is 0.407 e. The molecule has 5 nitrogen and oxygen atoms in total. The van der Waals surface area contributed by atoms with Crippen molar-refractivity contribution in [2.45, 2.75) is 0 Å². The van der Waals surface area contributed by atoms with E-state index in [-0.39, 0.29) is 30.9 Å². The van der Waals surface area contributed by atoms with Crippen LogP contribution >= 0.6 is 58.0 Å². The van der Waals surface area contributed by atoms with E-state index in [2.05, 4.69) is 4.90 Å². The molecule has 0 saturated carbocycles. The van der Waals surface area contributed by atoms with Crippen LogP contribution < -0.4 is 4.74 Å². The van der Waals surface area contributed by atoms with Gasteiger partial charge in [0, 0.05) is 20.1 Å². The zero-order chi connectivity index (χ0) is 17.1. The third-order valence-electron chi connectivity index (χ3n) is 3.19. The van der Waals surface area contributed by atoms with Crippen LogP contribution in [0.2, 0.25) is 25.1 Å². The zero-order valence-electron chi connectivity index (χ0n) is 12.0. The van der Waals surface area contributed by atoms with Crippen molar-refractivity contribution >= 4 is 64.1 Å². The average molecular weight is 423 g/mol. The largest absolute Gasteiger partial charge is 0.416 e. The first-order chi connectivity index (χ1) is 10.8. The van der Waals surface area contributed by atoms with Gasteiger partial charge in [-0.05, 0) is 0 Å². The third-order valence-corrected chi connectivity index (χ3v) is 5.43. The van der Waals surface area contributed by atoms with Crippen LogP contribution in [0.1, 0.15) is 0 Å². The molecule has 1 aromatic rings. The molecule has 0 bridgehead atoms. The van der Waals surface area contributed by atoms with E-state index >= 15 is 0 Å². The van der Waals surface area contributed by atoms with Gasteiger partial charge >= 0.3 is 6.09 Å². The summed E-state index contributed by atoms with van der Waals surface area (Å²) in [7, 11) is 1.60. The highest BCUT2D eigenvalue weighted by Gasteiger charge is 2.24. The maximum absolute atomic E-state index is 12.2. The fourth-order valence-electron chi connectivity index (χ4n) is 1.94. The fourth-order valence-corrected chi connectivity index (χ4v) is 3.14. The zero-order valence-corrected chi connectivity index (χ0v) is 15.8. The summed E-state index contributed by atoms with van der Waals surface area (Å²) in [5.74, 6) is -0.119. The molecule has 0 N–H and O–H groups in total. The minimum absolute atomic E-state index is 0.00445. The van der Waals surface area contributed by atoms with Gasteiger partial charge in [-0.1, -0.05) is 58.0 Å². The van der Waals surface area contributed by atoms with Crippen molar-refractivity contribution in [1.29, 1.82) is 0 Å². The molecule has 0 aliphatic carbocycles. The summed E-state index contributed by atoms with van der Waals surface area (Å²) in [5.41, 5.74) is 0. The van der Waals surface area contributed by atoms with Crippen LogP contribution in [0, 0.1) is 0 Å². The second kappa shape index (κ2) is 8.30. The summed E-state index contributed by atoms with van der Waals surface area (Å²) in [6, 6.07) is 0. The predicted octanol–water partition coefficient (Wildman–Crippen LogP) is 4.67. The van der Waals surface area contributed by atoms with Crippen LogP contribution in [0.25, 0.3) is 0 Å². The molecule has 1 heterocycles. The minimum Gasteiger partial charge on any atom is -0.407 e. The SMILES string of the molecule is CN(CN1CCOCC1)C(=O)Oc1c(Cl)c(Cl)c(Cl)c(Cl)c1Cl. The molecule has 1 saturated heterocycles. The molecular formula is C13H13Cl5N2O3. The highest BCUT2D eigenvalue weighted by Crippen LogP contribution is 2.48. The first-order valence-electron chi connectivity index (χ1n) is 6.57. The van der Waals surface area contributed by atoms with E-state index in [9.17, 15) is 4.79 Å². The summed E-state index contributed by atoms with van der Waals surface area (Å²) < 4.78 is 10.5. The Hall–Kier alpha value is -0.140. The number of hydrogen-bond acceptors (Lipinski definition) is 4. The van der Waals surface area contributed by atoms with Crippen molar-refractivity contribution in [1.82, 2.24) is 9.80 Å². The quantitative estimate of drug-likeness (QED) is 0.524. The van der Waals surface area contributed by atoms with Gasteiger partial charge in [0.25, 0.3) is 0 Å². The highest BCUT2D eigenvalue weighted by molar-refractivity contribution is 6.55. The molecule has 2 rings (SSSR count). The number of carbonyl (C=O) groups excluding carboxylic acids is 1. The Kier molecular flexibility index (Phi) is 6.92. The summed E-state index contributed by atoms with van der Waals surface area (Å²) in [5, 5.41) is -0.189. The monoisotopic (exact) mass is 420 g/mol. The standard InChI is InChI=1S/C13H13Cl5N2O3/c1-19(6-20-2-4-22-5-3-20)13(21)23-12-10(17)8(15)7(14)9(16)11(12)18/h2-6H2,1H3. The molecule has 23 heavy (non-hydrogen) atoms. The Morgan fingerprint density at radius 1 is 1.04 bits per heavy atom. The maximum Gasteiger partial charge on any atom is 0.416 e. The molecule has 1 amide bonds. The van der Waals surface area contributed by atoms with Gasteiger partial charge in [-0.2, -0.15) is 0 Å². The van der Waals surface area contributed by atoms with Gasteiger partial charge in [0.15, 0.2) is 5.75 Å². The van der Waals surface area contributed by atoms with Gasteiger partial charge in [-0.15, -0.1) is 0 Å². The molecule has 0 spiro atoms. The topological polar surface area (TPSA) is 42.0 Å². The number of carbonyl (C=O) groups is 1. The van der Waals surface area contributed by atoms with Gasteiger partial charge in [0.05, 0.1) is 35.0 Å². The van der Waals surface area contributed by atoms with Crippen LogP contribution in [0.3, 0.4) is 0 Å². The van der Waals surface area contributed by atoms with Crippen LogP contribution in [-0.2, 0) is 4.74 Å². The lowest BCUT2D eigenvalue weighted by atomic mass is 10.3. The summed E-state index contributed by atoms with van der Waals surface area (Å²) >= 11 is 29.8. The first kappa shape index (κ1) is 19.2. The normalized spacial score (nSPS) is 15.6. The fraction of sp³-hybridized carbons (Fsp3) is 0.462. The van der Waals surface area contributed by atoms with Gasteiger partial charge in [-0.25, -0.2) is 4.79 Å². The van der Waals surface area contributed by atoms with E-state index in [1.54, 1.807) is 7.05 Å². The van der Waals surface area contributed by atoms with E-state index in [1.165, 1.54) is 4.90 Å². The second-order valence-corrected chi connectivity index (χ2v) is 6.73. The van der Waals surface area contributed by atoms with Crippen molar-refractivity contribution in [3.63, 3.8) is 0 Å². The van der Waals surface area contributed by atoms with Gasteiger partial charge in [-0.3, -0.25) is 9.80 Å². The molecule has 10 heteroatoms. The number of morpholine rings is 1. The Balaban J connectivity index is 2.10. The van der Waals surface area contributed by atoms with Gasteiger partial charge < -0.3 is 9.47 Å². The molecule has 0 atom stereocenters. The third kappa shape index (κ3) is 4.48. The highest BCUT2D eigenvalue weighted by atomic mass is 35.5. The molecule has 1 aliphatic heterocycles. The van der Waals surface area contributed by atoms with E-state index in [0.717, 1.165) is 13.1 Å². The molecule has 128 valence electrons. The van der Waals surface area contributed by atoms with Crippen molar-refractivity contribution in [2.24, 2.45) is 0 Å². The number of amides is 1. The van der Waals surface area contributed by atoms with Crippen molar-refractivity contribution in [2.75, 3.05) is 40.0 Å². The Morgan fingerprint density at radius 2 is 1.52 bits per heavy atom. The Morgan fingerprint density at radius 3 is 2.04 bits per heavy atom. The van der Waals surface area contributed by atoms with Crippen molar-refractivity contribution < 1.29 is 14.3 Å². The number of rotatable bonds is 3. The Bertz CT molecular complexity index is 579. The van der Waals surface area contributed by atoms with E-state index in [1.807, 2.05) is 0 Å².